The molecule has 0 aliphatic rings. The summed E-state index contributed by atoms with van der Waals surface area (Å²) in [7, 11) is 0. The molecule has 0 saturated heterocycles. The van der Waals surface area contributed by atoms with Gasteiger partial charge in [-0.05, 0) is 25.5 Å². The Bertz CT molecular complexity index is 391. The normalized spacial score (nSPS) is 11.1. The molecule has 0 unspecified atom stereocenters. The smallest absolute Gasteiger partial charge is 0.380 e. The molecule has 0 aliphatic heterocycles. The second kappa shape index (κ2) is 5.61. The molecule has 0 amide bonds. The predicted molar refractivity (Wildman–Crippen MR) is 58.3 cm³/mol. The van der Waals surface area contributed by atoms with Gasteiger partial charge in [0.1, 0.15) is 5.75 Å². The van der Waals surface area contributed by atoms with Crippen molar-refractivity contribution in [3.05, 3.63) is 29.8 Å². The highest BCUT2D eigenvalue weighted by atomic mass is 19.3. The monoisotopic (exact) mass is 244 g/mol. The quantitative estimate of drug-likeness (QED) is 0.747. The number of alkyl halides is 2. The Morgan fingerprint density at radius 3 is 2.59 bits per heavy atom. The molecule has 3 nitrogen and oxygen atoms in total. The molecule has 1 aromatic rings. The van der Waals surface area contributed by atoms with Gasteiger partial charge in [0.2, 0.25) is 0 Å². The van der Waals surface area contributed by atoms with Gasteiger partial charge >= 0.3 is 11.9 Å². The maximum Gasteiger partial charge on any atom is 0.380 e. The fourth-order valence-electron chi connectivity index (χ4n) is 1.18. The zero-order chi connectivity index (χ0) is 12.9. The van der Waals surface area contributed by atoms with Crippen molar-refractivity contribution < 1.29 is 23.0 Å². The van der Waals surface area contributed by atoms with E-state index < -0.39 is 18.5 Å². The van der Waals surface area contributed by atoms with E-state index in [0.717, 1.165) is 5.56 Å². The Balaban J connectivity index is 2.61. The second-order valence-electron chi connectivity index (χ2n) is 3.48. The number of para-hydroxylation sites is 1. The van der Waals surface area contributed by atoms with Crippen LogP contribution in [-0.2, 0) is 9.53 Å². The molecule has 5 heteroatoms. The largest absolute Gasteiger partial charge is 0.486 e. The first-order valence-corrected chi connectivity index (χ1v) is 5.21. The molecule has 0 bridgehead atoms. The summed E-state index contributed by atoms with van der Waals surface area (Å²) >= 11 is 0. The molecule has 0 aromatic heterocycles. The van der Waals surface area contributed by atoms with Gasteiger partial charge in [0, 0.05) is 0 Å². The van der Waals surface area contributed by atoms with Crippen molar-refractivity contribution in [2.75, 3.05) is 13.2 Å². The van der Waals surface area contributed by atoms with E-state index in [2.05, 4.69) is 4.74 Å². The molecule has 0 N–H and O–H groups in total. The Hall–Kier alpha value is -1.65. The van der Waals surface area contributed by atoms with Gasteiger partial charge in [-0.1, -0.05) is 18.2 Å². The van der Waals surface area contributed by atoms with Crippen LogP contribution in [0.25, 0.3) is 0 Å². The number of aryl methyl sites for hydroxylation is 1. The van der Waals surface area contributed by atoms with Crippen molar-refractivity contribution in [1.82, 2.24) is 0 Å². The molecule has 0 heterocycles. The van der Waals surface area contributed by atoms with Crippen LogP contribution in [0.3, 0.4) is 0 Å². The third-order valence-electron chi connectivity index (χ3n) is 2.08. The summed E-state index contributed by atoms with van der Waals surface area (Å²) in [6, 6.07) is 6.74. The van der Waals surface area contributed by atoms with Gasteiger partial charge in [0.15, 0.2) is 6.61 Å². The van der Waals surface area contributed by atoms with Crippen LogP contribution in [0.1, 0.15) is 12.5 Å². The highest BCUT2D eigenvalue weighted by Gasteiger charge is 2.41. The van der Waals surface area contributed by atoms with Crippen molar-refractivity contribution >= 4 is 5.97 Å². The van der Waals surface area contributed by atoms with Gasteiger partial charge in [-0.3, -0.25) is 0 Å². The highest BCUT2D eigenvalue weighted by Crippen LogP contribution is 2.21. The van der Waals surface area contributed by atoms with E-state index in [1.807, 2.05) is 0 Å². The molecular formula is C12H14F2O3. The van der Waals surface area contributed by atoms with Crippen molar-refractivity contribution in [3.63, 3.8) is 0 Å². The van der Waals surface area contributed by atoms with Gasteiger partial charge in [0.05, 0.1) is 6.61 Å². The Labute approximate surface area is 98.3 Å². The number of carbonyl (C=O) groups excluding carboxylic acids is 1. The summed E-state index contributed by atoms with van der Waals surface area (Å²) in [5, 5.41) is 0. The topological polar surface area (TPSA) is 35.5 Å². The second-order valence-corrected chi connectivity index (χ2v) is 3.48. The average Bonchev–Trinajstić information content (AvgIpc) is 2.28. The van der Waals surface area contributed by atoms with E-state index >= 15 is 0 Å². The van der Waals surface area contributed by atoms with Crippen LogP contribution < -0.4 is 4.74 Å². The minimum absolute atomic E-state index is 0.0845. The first kappa shape index (κ1) is 13.4. The maximum atomic E-state index is 13.2. The van der Waals surface area contributed by atoms with E-state index in [4.69, 9.17) is 4.74 Å². The SMILES string of the molecule is CCOC(=O)C(F)(F)COc1ccccc1C. The van der Waals surface area contributed by atoms with Gasteiger partial charge in [-0.2, -0.15) is 8.78 Å². The highest BCUT2D eigenvalue weighted by molar-refractivity contribution is 5.77. The number of carbonyl (C=O) groups is 1. The van der Waals surface area contributed by atoms with Crippen LogP contribution in [-0.4, -0.2) is 25.1 Å². The molecule has 0 saturated carbocycles. The minimum atomic E-state index is -3.63. The first-order chi connectivity index (χ1) is 7.97. The number of benzene rings is 1. The summed E-state index contributed by atoms with van der Waals surface area (Å²) in [6.45, 7) is 2.10. The molecule has 94 valence electrons. The first-order valence-electron chi connectivity index (χ1n) is 5.21. The third kappa shape index (κ3) is 3.69. The maximum absolute atomic E-state index is 13.2. The number of halogens is 2. The summed E-state index contributed by atoms with van der Waals surface area (Å²) in [6.07, 6.45) is 0. The molecule has 1 rings (SSSR count). The molecule has 17 heavy (non-hydrogen) atoms. The summed E-state index contributed by atoms with van der Waals surface area (Å²) in [5.41, 5.74) is 0.729. The minimum Gasteiger partial charge on any atom is -0.486 e. The van der Waals surface area contributed by atoms with Crippen molar-refractivity contribution in [1.29, 1.82) is 0 Å². The zero-order valence-corrected chi connectivity index (χ0v) is 9.70. The number of rotatable bonds is 5. The summed E-state index contributed by atoms with van der Waals surface area (Å²) < 4.78 is 35.6. The van der Waals surface area contributed by atoms with E-state index in [-0.39, 0.29) is 6.61 Å². The molecular weight excluding hydrogens is 230 g/mol. The fraction of sp³-hybridized carbons (Fsp3) is 0.417. The van der Waals surface area contributed by atoms with Crippen LogP contribution in [0.2, 0.25) is 0 Å². The molecule has 1 aromatic carbocycles. The van der Waals surface area contributed by atoms with E-state index in [9.17, 15) is 13.6 Å². The fourth-order valence-corrected chi connectivity index (χ4v) is 1.18. The lowest BCUT2D eigenvalue weighted by Gasteiger charge is -2.16. The Kier molecular flexibility index (Phi) is 4.43. The number of hydrogen-bond acceptors (Lipinski definition) is 3. The zero-order valence-electron chi connectivity index (χ0n) is 9.70. The van der Waals surface area contributed by atoms with E-state index in [1.165, 1.54) is 6.92 Å². The van der Waals surface area contributed by atoms with Crippen LogP contribution in [0.4, 0.5) is 8.78 Å². The van der Waals surface area contributed by atoms with Gasteiger partial charge in [0.25, 0.3) is 0 Å². The van der Waals surface area contributed by atoms with Crippen LogP contribution in [0.15, 0.2) is 24.3 Å². The lowest BCUT2D eigenvalue weighted by Crippen LogP contribution is -2.37. The van der Waals surface area contributed by atoms with Crippen LogP contribution in [0.5, 0.6) is 5.75 Å². The summed E-state index contributed by atoms with van der Waals surface area (Å²) in [5.74, 6) is -4.86. The number of ether oxygens (including phenoxy) is 2. The van der Waals surface area contributed by atoms with E-state index in [0.29, 0.717) is 5.75 Å². The standard InChI is InChI=1S/C12H14F2O3/c1-3-16-11(15)12(13,14)8-17-10-7-5-4-6-9(10)2/h4-7H,3,8H2,1-2H3. The average molecular weight is 244 g/mol. The molecule has 0 spiro atoms. The van der Waals surface area contributed by atoms with Crippen LogP contribution >= 0.6 is 0 Å². The van der Waals surface area contributed by atoms with Crippen LogP contribution in [0, 0.1) is 6.92 Å². The third-order valence-corrected chi connectivity index (χ3v) is 2.08. The van der Waals surface area contributed by atoms with Crippen molar-refractivity contribution in [2.45, 2.75) is 19.8 Å². The molecule has 0 atom stereocenters. The number of hydrogen-bond donors (Lipinski definition) is 0. The molecule has 0 aliphatic carbocycles. The number of esters is 1. The van der Waals surface area contributed by atoms with Gasteiger partial charge in [-0.25, -0.2) is 4.79 Å². The van der Waals surface area contributed by atoms with Gasteiger partial charge in [-0.15, -0.1) is 0 Å². The predicted octanol–water partition coefficient (Wildman–Crippen LogP) is 2.57. The molecule has 0 fully saturated rings. The van der Waals surface area contributed by atoms with Crippen molar-refractivity contribution in [2.24, 2.45) is 0 Å². The molecule has 0 radical (unpaired) electrons. The lowest BCUT2D eigenvalue weighted by atomic mass is 10.2. The van der Waals surface area contributed by atoms with Gasteiger partial charge < -0.3 is 9.47 Å². The van der Waals surface area contributed by atoms with E-state index in [1.54, 1.807) is 31.2 Å². The lowest BCUT2D eigenvalue weighted by molar-refractivity contribution is -0.175. The Morgan fingerprint density at radius 1 is 1.35 bits per heavy atom. The Morgan fingerprint density at radius 2 is 2.00 bits per heavy atom. The summed E-state index contributed by atoms with van der Waals surface area (Å²) in [4.78, 5) is 10.9. The van der Waals surface area contributed by atoms with Crippen molar-refractivity contribution in [3.8, 4) is 5.75 Å².